The molecule has 2 N–H and O–H groups in total. The van der Waals surface area contributed by atoms with Gasteiger partial charge in [-0.05, 0) is 12.1 Å². The Labute approximate surface area is 108 Å². The molecule has 7 heteroatoms. The van der Waals surface area contributed by atoms with Gasteiger partial charge in [-0.25, -0.2) is 4.39 Å². The summed E-state index contributed by atoms with van der Waals surface area (Å²) < 4.78 is 17.9. The van der Waals surface area contributed by atoms with Crippen LogP contribution in [-0.4, -0.2) is 30.1 Å². The van der Waals surface area contributed by atoms with E-state index >= 15 is 0 Å². The van der Waals surface area contributed by atoms with Crippen LogP contribution in [0, 0.1) is 5.82 Å². The standard InChI is InChI=1S/C11H11ClFNO4/c12-8-5-7(1-2-9(8)13)18-6-10(15)14-4-3-11(16)17/h1-2,5H,3-4,6H2,(H,14,15)(H,16,17). The lowest BCUT2D eigenvalue weighted by Gasteiger charge is -2.07. The molecule has 1 aromatic rings. The summed E-state index contributed by atoms with van der Waals surface area (Å²) in [5, 5.41) is 10.6. The number of carboxylic acids is 1. The molecule has 0 saturated carbocycles. The lowest BCUT2D eigenvalue weighted by Crippen LogP contribution is -2.30. The van der Waals surface area contributed by atoms with E-state index in [1.165, 1.54) is 12.1 Å². The Kier molecular flexibility index (Phi) is 5.38. The van der Waals surface area contributed by atoms with Crippen LogP contribution in [0.15, 0.2) is 18.2 Å². The Hall–Kier alpha value is -1.82. The fraction of sp³-hybridized carbons (Fsp3) is 0.273. The molecular formula is C11H11ClFNO4. The first kappa shape index (κ1) is 14.2. The second-order valence-corrected chi connectivity index (χ2v) is 3.77. The molecule has 0 radical (unpaired) electrons. The highest BCUT2D eigenvalue weighted by molar-refractivity contribution is 6.30. The van der Waals surface area contributed by atoms with Crippen LogP contribution in [0.2, 0.25) is 5.02 Å². The van der Waals surface area contributed by atoms with Gasteiger partial charge in [0.1, 0.15) is 11.6 Å². The minimum atomic E-state index is -0.999. The number of carboxylic acid groups (broad SMARTS) is 1. The summed E-state index contributed by atoms with van der Waals surface area (Å²) in [6.45, 7) is -0.261. The molecule has 0 unspecified atom stereocenters. The van der Waals surface area contributed by atoms with Crippen molar-refractivity contribution < 1.29 is 23.8 Å². The van der Waals surface area contributed by atoms with Gasteiger partial charge in [-0.15, -0.1) is 0 Å². The highest BCUT2D eigenvalue weighted by Gasteiger charge is 2.05. The molecule has 98 valence electrons. The van der Waals surface area contributed by atoms with E-state index in [0.717, 1.165) is 6.07 Å². The van der Waals surface area contributed by atoms with Gasteiger partial charge in [0.05, 0.1) is 11.4 Å². The number of amides is 1. The molecule has 0 aromatic heterocycles. The predicted molar refractivity (Wildman–Crippen MR) is 62.2 cm³/mol. The third kappa shape index (κ3) is 5.01. The van der Waals surface area contributed by atoms with Crippen molar-refractivity contribution in [1.82, 2.24) is 5.32 Å². The first-order valence-corrected chi connectivity index (χ1v) is 5.43. The van der Waals surface area contributed by atoms with E-state index in [9.17, 15) is 14.0 Å². The van der Waals surface area contributed by atoms with E-state index in [-0.39, 0.29) is 30.3 Å². The van der Waals surface area contributed by atoms with Gasteiger partial charge in [-0.3, -0.25) is 9.59 Å². The van der Waals surface area contributed by atoms with Crippen molar-refractivity contribution in [1.29, 1.82) is 0 Å². The van der Waals surface area contributed by atoms with E-state index < -0.39 is 17.7 Å². The monoisotopic (exact) mass is 275 g/mol. The summed E-state index contributed by atoms with van der Waals surface area (Å²) in [6, 6.07) is 3.72. The summed E-state index contributed by atoms with van der Waals surface area (Å²) in [5.74, 6) is -1.78. The zero-order valence-corrected chi connectivity index (χ0v) is 10.0. The molecule has 0 spiro atoms. The van der Waals surface area contributed by atoms with Crippen molar-refractivity contribution >= 4 is 23.5 Å². The maximum atomic E-state index is 12.8. The topological polar surface area (TPSA) is 75.6 Å². The van der Waals surface area contributed by atoms with Gasteiger partial charge in [0.25, 0.3) is 5.91 Å². The molecule has 0 heterocycles. The average molecular weight is 276 g/mol. The number of halogens is 2. The van der Waals surface area contributed by atoms with Gasteiger partial charge < -0.3 is 15.2 Å². The van der Waals surface area contributed by atoms with Crippen LogP contribution in [0.25, 0.3) is 0 Å². The number of rotatable bonds is 6. The minimum absolute atomic E-state index is 0.0295. The smallest absolute Gasteiger partial charge is 0.305 e. The Balaban J connectivity index is 2.33. The fourth-order valence-corrected chi connectivity index (χ4v) is 1.25. The Morgan fingerprint density at radius 2 is 2.17 bits per heavy atom. The number of aliphatic carboxylic acids is 1. The van der Waals surface area contributed by atoms with Gasteiger partial charge >= 0.3 is 5.97 Å². The van der Waals surface area contributed by atoms with Crippen LogP contribution >= 0.6 is 11.6 Å². The lowest BCUT2D eigenvalue weighted by atomic mass is 10.3. The average Bonchev–Trinajstić information content (AvgIpc) is 2.30. The number of hydrogen-bond acceptors (Lipinski definition) is 3. The highest BCUT2D eigenvalue weighted by atomic mass is 35.5. The summed E-state index contributed by atoms with van der Waals surface area (Å²) in [6.07, 6.45) is -0.159. The van der Waals surface area contributed by atoms with E-state index in [4.69, 9.17) is 21.4 Å². The maximum absolute atomic E-state index is 12.8. The van der Waals surface area contributed by atoms with E-state index in [1.54, 1.807) is 0 Å². The van der Waals surface area contributed by atoms with Crippen molar-refractivity contribution in [3.8, 4) is 5.75 Å². The fourth-order valence-electron chi connectivity index (χ4n) is 1.08. The number of carbonyl (C=O) groups excluding carboxylic acids is 1. The Morgan fingerprint density at radius 1 is 1.44 bits per heavy atom. The van der Waals surface area contributed by atoms with Gasteiger partial charge in [-0.2, -0.15) is 0 Å². The van der Waals surface area contributed by atoms with Crippen molar-refractivity contribution in [3.63, 3.8) is 0 Å². The van der Waals surface area contributed by atoms with Gasteiger partial charge in [0.2, 0.25) is 0 Å². The van der Waals surface area contributed by atoms with E-state index in [2.05, 4.69) is 5.32 Å². The van der Waals surface area contributed by atoms with Crippen LogP contribution in [-0.2, 0) is 9.59 Å². The zero-order chi connectivity index (χ0) is 13.5. The predicted octanol–water partition coefficient (Wildman–Crippen LogP) is 1.45. The zero-order valence-electron chi connectivity index (χ0n) is 9.28. The van der Waals surface area contributed by atoms with Gasteiger partial charge in [0, 0.05) is 12.6 Å². The van der Waals surface area contributed by atoms with Crippen molar-refractivity contribution in [2.75, 3.05) is 13.2 Å². The molecule has 0 aliphatic heterocycles. The quantitative estimate of drug-likeness (QED) is 0.824. The normalized spacial score (nSPS) is 9.89. The molecule has 1 aromatic carbocycles. The highest BCUT2D eigenvalue weighted by Crippen LogP contribution is 2.20. The molecular weight excluding hydrogens is 265 g/mol. The summed E-state index contributed by atoms with van der Waals surface area (Å²) >= 11 is 5.53. The van der Waals surface area contributed by atoms with Crippen LogP contribution in [0.1, 0.15) is 6.42 Å². The number of carbonyl (C=O) groups is 2. The van der Waals surface area contributed by atoms with Crippen molar-refractivity contribution in [2.24, 2.45) is 0 Å². The minimum Gasteiger partial charge on any atom is -0.484 e. The summed E-state index contributed by atoms with van der Waals surface area (Å²) in [5.41, 5.74) is 0. The van der Waals surface area contributed by atoms with E-state index in [1.807, 2.05) is 0 Å². The molecule has 0 aliphatic rings. The van der Waals surface area contributed by atoms with Gasteiger partial charge in [0.15, 0.2) is 6.61 Å². The van der Waals surface area contributed by atoms with Crippen LogP contribution in [0.5, 0.6) is 5.75 Å². The molecule has 0 bridgehead atoms. The van der Waals surface area contributed by atoms with Crippen molar-refractivity contribution in [3.05, 3.63) is 29.0 Å². The SMILES string of the molecule is O=C(O)CCNC(=O)COc1ccc(F)c(Cl)c1. The molecule has 1 rings (SSSR count). The molecule has 0 atom stereocenters. The lowest BCUT2D eigenvalue weighted by molar-refractivity contribution is -0.137. The molecule has 0 aliphatic carbocycles. The second kappa shape index (κ2) is 6.80. The molecule has 1 amide bonds. The molecule has 5 nitrogen and oxygen atoms in total. The molecule has 0 fully saturated rings. The Morgan fingerprint density at radius 3 is 2.78 bits per heavy atom. The van der Waals surface area contributed by atoms with Crippen molar-refractivity contribution in [2.45, 2.75) is 6.42 Å². The molecule has 18 heavy (non-hydrogen) atoms. The number of ether oxygens (including phenoxy) is 1. The summed E-state index contributed by atoms with van der Waals surface area (Å²) in [4.78, 5) is 21.4. The van der Waals surface area contributed by atoms with E-state index in [0.29, 0.717) is 0 Å². The Bertz CT molecular complexity index is 453. The first-order valence-electron chi connectivity index (χ1n) is 5.05. The third-order valence-electron chi connectivity index (χ3n) is 1.92. The number of benzene rings is 1. The van der Waals surface area contributed by atoms with Crippen LogP contribution in [0.4, 0.5) is 4.39 Å². The van der Waals surface area contributed by atoms with Gasteiger partial charge in [-0.1, -0.05) is 11.6 Å². The summed E-state index contributed by atoms with van der Waals surface area (Å²) in [7, 11) is 0. The largest absolute Gasteiger partial charge is 0.484 e. The number of nitrogens with one attached hydrogen (secondary N) is 1. The third-order valence-corrected chi connectivity index (χ3v) is 2.21. The maximum Gasteiger partial charge on any atom is 0.305 e. The number of hydrogen-bond donors (Lipinski definition) is 2. The van der Waals surface area contributed by atoms with Crippen LogP contribution in [0.3, 0.4) is 0 Å². The second-order valence-electron chi connectivity index (χ2n) is 3.36. The molecule has 0 saturated heterocycles. The van der Waals surface area contributed by atoms with Crippen LogP contribution < -0.4 is 10.1 Å². The first-order chi connectivity index (χ1) is 8.49.